The highest BCUT2D eigenvalue weighted by Gasteiger charge is 2.21. The fourth-order valence-electron chi connectivity index (χ4n) is 2.96. The lowest BCUT2D eigenvalue weighted by atomic mass is 9.89. The summed E-state index contributed by atoms with van der Waals surface area (Å²) in [6.07, 6.45) is 4.43. The highest BCUT2D eigenvalue weighted by Crippen LogP contribution is 2.29. The molecule has 0 spiro atoms. The molecule has 1 aliphatic carbocycles. The maximum Gasteiger partial charge on any atom is 0.124 e. The third kappa shape index (κ3) is 3.97. The van der Waals surface area contributed by atoms with Crippen molar-refractivity contribution in [1.82, 2.24) is 0 Å². The molecule has 3 atom stereocenters. The Hall–Kier alpha value is -1.06. The first-order chi connectivity index (χ1) is 9.60. The van der Waals surface area contributed by atoms with Crippen molar-refractivity contribution in [3.63, 3.8) is 0 Å². The monoisotopic (exact) mass is 278 g/mol. The summed E-state index contributed by atoms with van der Waals surface area (Å²) in [5.41, 5.74) is 1.93. The van der Waals surface area contributed by atoms with Crippen LogP contribution in [-0.4, -0.2) is 24.9 Å². The van der Waals surface area contributed by atoms with Crippen molar-refractivity contribution in [2.75, 3.05) is 13.7 Å². The lowest BCUT2D eigenvalue weighted by Gasteiger charge is -2.28. The minimum Gasteiger partial charge on any atom is -0.496 e. The van der Waals surface area contributed by atoms with Gasteiger partial charge in [0, 0.05) is 5.56 Å². The average Bonchev–Trinajstić information content (AvgIpc) is 2.45. The Kier molecular flexibility index (Phi) is 5.44. The van der Waals surface area contributed by atoms with Crippen LogP contribution in [0.2, 0.25) is 0 Å². The van der Waals surface area contributed by atoms with E-state index < -0.39 is 6.10 Å². The molecule has 0 radical (unpaired) electrons. The first kappa shape index (κ1) is 15.3. The fourth-order valence-corrected chi connectivity index (χ4v) is 2.96. The van der Waals surface area contributed by atoms with E-state index in [-0.39, 0.29) is 0 Å². The van der Waals surface area contributed by atoms with Crippen molar-refractivity contribution in [2.45, 2.75) is 51.7 Å². The van der Waals surface area contributed by atoms with Crippen LogP contribution in [0, 0.1) is 12.8 Å². The van der Waals surface area contributed by atoms with Crippen molar-refractivity contribution in [3.05, 3.63) is 29.3 Å². The van der Waals surface area contributed by atoms with Crippen LogP contribution < -0.4 is 4.74 Å². The van der Waals surface area contributed by atoms with E-state index in [4.69, 9.17) is 9.47 Å². The van der Waals surface area contributed by atoms with Crippen molar-refractivity contribution < 1.29 is 14.6 Å². The van der Waals surface area contributed by atoms with Crippen LogP contribution >= 0.6 is 0 Å². The standard InChI is InChI=1S/C17H26O3/c1-12-5-4-6-14(9-12)20-11-16(18)15-10-13(2)7-8-17(15)19-3/h7-8,10,12,14,16,18H,4-6,9,11H2,1-3H3. The van der Waals surface area contributed by atoms with Gasteiger partial charge in [-0.2, -0.15) is 0 Å². The molecule has 0 heterocycles. The third-order valence-electron chi connectivity index (χ3n) is 4.12. The predicted molar refractivity (Wildman–Crippen MR) is 80.1 cm³/mol. The highest BCUT2D eigenvalue weighted by atomic mass is 16.5. The maximum absolute atomic E-state index is 10.3. The predicted octanol–water partition coefficient (Wildman–Crippen LogP) is 3.63. The van der Waals surface area contributed by atoms with Gasteiger partial charge in [-0.1, -0.05) is 31.4 Å². The van der Waals surface area contributed by atoms with Crippen LogP contribution in [0.3, 0.4) is 0 Å². The van der Waals surface area contributed by atoms with Crippen LogP contribution in [-0.2, 0) is 4.74 Å². The molecule has 1 N–H and O–H groups in total. The van der Waals surface area contributed by atoms with E-state index in [1.54, 1.807) is 7.11 Å². The number of hydrogen-bond donors (Lipinski definition) is 1. The Balaban J connectivity index is 1.94. The van der Waals surface area contributed by atoms with Crippen LogP contribution in [0.15, 0.2) is 18.2 Å². The number of ether oxygens (including phenoxy) is 2. The Bertz CT molecular complexity index is 430. The zero-order chi connectivity index (χ0) is 14.5. The summed E-state index contributed by atoms with van der Waals surface area (Å²) < 4.78 is 11.2. The summed E-state index contributed by atoms with van der Waals surface area (Å²) in [5.74, 6) is 1.46. The molecule has 1 fully saturated rings. The summed E-state index contributed by atoms with van der Waals surface area (Å²) in [7, 11) is 1.63. The van der Waals surface area contributed by atoms with E-state index in [2.05, 4.69) is 6.92 Å². The third-order valence-corrected chi connectivity index (χ3v) is 4.12. The lowest BCUT2D eigenvalue weighted by molar-refractivity contribution is -0.0327. The Morgan fingerprint density at radius 1 is 1.35 bits per heavy atom. The van der Waals surface area contributed by atoms with Crippen molar-refractivity contribution in [1.29, 1.82) is 0 Å². The van der Waals surface area contributed by atoms with Gasteiger partial charge in [0.05, 0.1) is 19.8 Å². The smallest absolute Gasteiger partial charge is 0.124 e. The second-order valence-electron chi connectivity index (χ2n) is 5.99. The van der Waals surface area contributed by atoms with Crippen molar-refractivity contribution >= 4 is 0 Å². The molecule has 1 saturated carbocycles. The van der Waals surface area contributed by atoms with E-state index in [9.17, 15) is 5.11 Å². The maximum atomic E-state index is 10.3. The quantitative estimate of drug-likeness (QED) is 0.894. The molecule has 3 heteroatoms. The lowest BCUT2D eigenvalue weighted by Crippen LogP contribution is -2.23. The van der Waals surface area contributed by atoms with E-state index in [0.29, 0.717) is 12.7 Å². The van der Waals surface area contributed by atoms with Crippen LogP contribution in [0.4, 0.5) is 0 Å². The highest BCUT2D eigenvalue weighted by molar-refractivity contribution is 5.38. The number of aliphatic hydroxyl groups is 1. The molecule has 112 valence electrons. The number of hydrogen-bond acceptors (Lipinski definition) is 3. The zero-order valence-corrected chi connectivity index (χ0v) is 12.8. The first-order valence-electron chi connectivity index (χ1n) is 7.54. The summed E-state index contributed by atoms with van der Waals surface area (Å²) >= 11 is 0. The van der Waals surface area contributed by atoms with Gasteiger partial charge in [0.25, 0.3) is 0 Å². The number of rotatable bonds is 5. The molecule has 2 rings (SSSR count). The Morgan fingerprint density at radius 2 is 2.15 bits per heavy atom. The van der Waals surface area contributed by atoms with Gasteiger partial charge in [-0.3, -0.25) is 0 Å². The molecule has 0 saturated heterocycles. The van der Waals surface area contributed by atoms with Gasteiger partial charge in [0.2, 0.25) is 0 Å². The van der Waals surface area contributed by atoms with Gasteiger partial charge in [0.15, 0.2) is 0 Å². The number of aryl methyl sites for hydroxylation is 1. The second kappa shape index (κ2) is 7.09. The summed E-state index contributed by atoms with van der Waals surface area (Å²) in [5, 5.41) is 10.3. The summed E-state index contributed by atoms with van der Waals surface area (Å²) in [6.45, 7) is 4.63. The van der Waals surface area contributed by atoms with Gasteiger partial charge < -0.3 is 14.6 Å². The van der Waals surface area contributed by atoms with Gasteiger partial charge in [-0.15, -0.1) is 0 Å². The minimum absolute atomic E-state index is 0.296. The molecule has 0 aromatic heterocycles. The van der Waals surface area contributed by atoms with Gasteiger partial charge in [-0.25, -0.2) is 0 Å². The molecule has 1 aromatic rings. The van der Waals surface area contributed by atoms with Crippen LogP contribution in [0.5, 0.6) is 5.75 Å². The van der Waals surface area contributed by atoms with Crippen LogP contribution in [0.1, 0.15) is 49.8 Å². The SMILES string of the molecule is COc1ccc(C)cc1C(O)COC1CCCC(C)C1. The fraction of sp³-hybridized carbons (Fsp3) is 0.647. The first-order valence-corrected chi connectivity index (χ1v) is 7.54. The number of aliphatic hydroxyl groups excluding tert-OH is 1. The molecule has 1 aliphatic rings. The van der Waals surface area contributed by atoms with Crippen LogP contribution in [0.25, 0.3) is 0 Å². The molecule has 0 bridgehead atoms. The number of methoxy groups -OCH3 is 1. The zero-order valence-electron chi connectivity index (χ0n) is 12.8. The topological polar surface area (TPSA) is 38.7 Å². The van der Waals surface area contributed by atoms with E-state index in [1.807, 2.05) is 25.1 Å². The Labute approximate surface area is 121 Å². The van der Waals surface area contributed by atoms with Crippen molar-refractivity contribution in [3.8, 4) is 5.75 Å². The molecule has 3 nitrogen and oxygen atoms in total. The van der Waals surface area contributed by atoms with E-state index in [1.165, 1.54) is 12.8 Å². The minimum atomic E-state index is -0.623. The van der Waals surface area contributed by atoms with E-state index >= 15 is 0 Å². The Morgan fingerprint density at radius 3 is 2.85 bits per heavy atom. The molecule has 20 heavy (non-hydrogen) atoms. The summed E-state index contributed by atoms with van der Waals surface area (Å²) in [4.78, 5) is 0. The second-order valence-corrected chi connectivity index (χ2v) is 5.99. The molecular weight excluding hydrogens is 252 g/mol. The average molecular weight is 278 g/mol. The van der Waals surface area contributed by atoms with Gasteiger partial charge in [0.1, 0.15) is 11.9 Å². The van der Waals surface area contributed by atoms with Crippen molar-refractivity contribution in [2.24, 2.45) is 5.92 Å². The van der Waals surface area contributed by atoms with Gasteiger partial charge in [-0.05, 0) is 37.8 Å². The van der Waals surface area contributed by atoms with Gasteiger partial charge >= 0.3 is 0 Å². The summed E-state index contributed by atoms with van der Waals surface area (Å²) in [6, 6.07) is 5.85. The molecule has 0 amide bonds. The molecule has 3 unspecified atom stereocenters. The van der Waals surface area contributed by atoms with E-state index in [0.717, 1.165) is 35.6 Å². The number of benzene rings is 1. The molecular formula is C17H26O3. The molecule has 1 aromatic carbocycles. The molecule has 0 aliphatic heterocycles. The normalized spacial score (nSPS) is 24.4. The largest absolute Gasteiger partial charge is 0.496 e.